The molecule has 1 aliphatic heterocycles. The van der Waals surface area contributed by atoms with Gasteiger partial charge in [-0.05, 0) is 25.5 Å². The highest BCUT2D eigenvalue weighted by atomic mass is 16.4. The molecule has 2 aromatic heterocycles. The van der Waals surface area contributed by atoms with Gasteiger partial charge in [-0.15, -0.1) is 5.10 Å². The topological polar surface area (TPSA) is 101 Å². The molecule has 3 aromatic rings. The molecule has 8 heteroatoms. The number of likely N-dealkylation sites (tertiary alicyclic amines) is 1. The van der Waals surface area contributed by atoms with E-state index in [9.17, 15) is 14.7 Å². The summed E-state index contributed by atoms with van der Waals surface area (Å²) in [7, 11) is 0. The van der Waals surface area contributed by atoms with E-state index in [1.165, 1.54) is 9.42 Å². The van der Waals surface area contributed by atoms with E-state index in [2.05, 4.69) is 15.1 Å². The Morgan fingerprint density at radius 3 is 2.56 bits per heavy atom. The van der Waals surface area contributed by atoms with Gasteiger partial charge in [0.15, 0.2) is 0 Å². The van der Waals surface area contributed by atoms with Crippen LogP contribution in [0.2, 0.25) is 0 Å². The fourth-order valence-electron chi connectivity index (χ4n) is 3.66. The van der Waals surface area contributed by atoms with Crippen molar-refractivity contribution in [1.82, 2.24) is 24.5 Å². The molecule has 0 radical (unpaired) electrons. The van der Waals surface area contributed by atoms with Crippen molar-refractivity contribution in [2.24, 2.45) is 5.92 Å². The number of hydrogen-bond acceptors (Lipinski definition) is 5. The highest BCUT2D eigenvalue weighted by molar-refractivity contribution is 5.92. The Labute approximate surface area is 155 Å². The normalized spacial score (nSPS) is 19.6. The molecule has 4 rings (SSSR count). The third-order valence-electron chi connectivity index (χ3n) is 4.96. The number of carboxylic acid groups (broad SMARTS) is 1. The summed E-state index contributed by atoms with van der Waals surface area (Å²) >= 11 is 0. The van der Waals surface area contributed by atoms with E-state index in [-0.39, 0.29) is 24.2 Å². The molecule has 0 aliphatic carbocycles. The van der Waals surface area contributed by atoms with Crippen LogP contribution in [0.5, 0.6) is 0 Å². The number of aromatic nitrogens is 4. The Hall–Kier alpha value is -3.29. The highest BCUT2D eigenvalue weighted by Crippen LogP contribution is 2.33. The van der Waals surface area contributed by atoms with Gasteiger partial charge in [0.25, 0.3) is 11.7 Å². The van der Waals surface area contributed by atoms with Gasteiger partial charge < -0.3 is 10.0 Å². The summed E-state index contributed by atoms with van der Waals surface area (Å²) in [5.41, 5.74) is 2.54. The van der Waals surface area contributed by atoms with Gasteiger partial charge in [0.1, 0.15) is 0 Å². The largest absolute Gasteiger partial charge is 0.481 e. The number of carbonyl (C=O) groups excluding carboxylic acids is 1. The minimum absolute atomic E-state index is 0.0362. The highest BCUT2D eigenvalue weighted by Gasteiger charge is 2.41. The van der Waals surface area contributed by atoms with Gasteiger partial charge in [-0.2, -0.15) is 4.98 Å². The van der Waals surface area contributed by atoms with Crippen molar-refractivity contribution in [2.75, 3.05) is 13.1 Å². The van der Waals surface area contributed by atoms with Crippen molar-refractivity contribution >= 4 is 17.7 Å². The number of aryl methyl sites for hydroxylation is 2. The van der Waals surface area contributed by atoms with Crippen molar-refractivity contribution in [2.45, 2.75) is 19.8 Å². The number of nitrogens with zero attached hydrogens (tertiary/aromatic N) is 5. The first kappa shape index (κ1) is 17.1. The van der Waals surface area contributed by atoms with Crippen LogP contribution in [0, 0.1) is 19.8 Å². The molecule has 0 saturated carbocycles. The van der Waals surface area contributed by atoms with Crippen molar-refractivity contribution in [3.05, 3.63) is 59.2 Å². The number of rotatable bonds is 3. The van der Waals surface area contributed by atoms with E-state index in [0.29, 0.717) is 12.3 Å². The molecule has 1 aliphatic rings. The lowest BCUT2D eigenvalue weighted by Gasteiger charge is -2.15. The Morgan fingerprint density at radius 2 is 1.85 bits per heavy atom. The van der Waals surface area contributed by atoms with Crippen LogP contribution < -0.4 is 0 Å². The van der Waals surface area contributed by atoms with E-state index in [1.807, 2.05) is 50.2 Å². The Bertz CT molecular complexity index is 1030. The fraction of sp³-hybridized carbons (Fsp3) is 0.316. The Balaban J connectivity index is 1.64. The van der Waals surface area contributed by atoms with Gasteiger partial charge in [0.05, 0.1) is 5.92 Å². The molecule has 0 bridgehead atoms. The summed E-state index contributed by atoms with van der Waals surface area (Å²) in [6.45, 7) is 4.17. The van der Waals surface area contributed by atoms with E-state index in [1.54, 1.807) is 0 Å². The predicted octanol–water partition coefficient (Wildman–Crippen LogP) is 1.68. The van der Waals surface area contributed by atoms with Crippen molar-refractivity contribution < 1.29 is 14.7 Å². The second-order valence-electron chi connectivity index (χ2n) is 6.86. The number of fused-ring (bicyclic) bond motifs is 1. The average molecular weight is 365 g/mol. The first-order valence-corrected chi connectivity index (χ1v) is 8.72. The standard InChI is InChI=1S/C19H19N5O3/c1-11-8-12(2)24-19(20-11)21-16(22-24)17(25)23-9-14(15(10-23)18(26)27)13-6-4-3-5-7-13/h3-8,14-15H,9-10H2,1-2H3,(H,26,27). The molecule has 8 nitrogen and oxygen atoms in total. The number of aliphatic carboxylic acids is 1. The van der Waals surface area contributed by atoms with Crippen molar-refractivity contribution in [3.8, 4) is 0 Å². The summed E-state index contributed by atoms with van der Waals surface area (Å²) < 4.78 is 1.53. The lowest BCUT2D eigenvalue weighted by atomic mass is 9.89. The van der Waals surface area contributed by atoms with Gasteiger partial charge >= 0.3 is 5.97 Å². The van der Waals surface area contributed by atoms with Crippen LogP contribution in [0.15, 0.2) is 36.4 Å². The van der Waals surface area contributed by atoms with Gasteiger partial charge in [0.2, 0.25) is 5.82 Å². The van der Waals surface area contributed by atoms with Gasteiger partial charge in [-0.25, -0.2) is 9.50 Å². The summed E-state index contributed by atoms with van der Waals surface area (Å²) in [6, 6.07) is 11.3. The lowest BCUT2D eigenvalue weighted by molar-refractivity contribution is -0.141. The van der Waals surface area contributed by atoms with Crippen LogP contribution in [0.3, 0.4) is 0 Å². The molecule has 27 heavy (non-hydrogen) atoms. The van der Waals surface area contributed by atoms with Gasteiger partial charge in [-0.3, -0.25) is 9.59 Å². The number of carboxylic acids is 1. The first-order chi connectivity index (χ1) is 12.9. The monoisotopic (exact) mass is 365 g/mol. The summed E-state index contributed by atoms with van der Waals surface area (Å²) in [6.07, 6.45) is 0. The number of hydrogen-bond donors (Lipinski definition) is 1. The maximum atomic E-state index is 12.9. The van der Waals surface area contributed by atoms with E-state index in [0.717, 1.165) is 17.0 Å². The van der Waals surface area contributed by atoms with Crippen LogP contribution in [0.25, 0.3) is 5.78 Å². The average Bonchev–Trinajstić information content (AvgIpc) is 3.26. The van der Waals surface area contributed by atoms with Gasteiger partial charge in [-0.1, -0.05) is 30.3 Å². The molecular formula is C19H19N5O3. The minimum Gasteiger partial charge on any atom is -0.481 e. The second kappa shape index (κ2) is 6.46. The molecule has 3 heterocycles. The Morgan fingerprint density at radius 1 is 1.11 bits per heavy atom. The SMILES string of the molecule is Cc1cc(C)n2nc(C(=O)N3CC(C(=O)O)C(c4ccccc4)C3)nc2n1. The maximum Gasteiger partial charge on any atom is 0.308 e. The molecule has 138 valence electrons. The molecule has 0 spiro atoms. The number of carbonyl (C=O) groups is 2. The predicted molar refractivity (Wildman–Crippen MR) is 96.5 cm³/mol. The van der Waals surface area contributed by atoms with Crippen LogP contribution in [-0.4, -0.2) is 54.6 Å². The maximum absolute atomic E-state index is 12.9. The summed E-state index contributed by atoms with van der Waals surface area (Å²) in [5, 5.41) is 13.9. The van der Waals surface area contributed by atoms with Crippen LogP contribution in [0.1, 0.15) is 33.5 Å². The third-order valence-corrected chi connectivity index (χ3v) is 4.96. The molecule has 2 atom stereocenters. The Kier molecular flexibility index (Phi) is 4.10. The first-order valence-electron chi connectivity index (χ1n) is 8.72. The molecule has 2 unspecified atom stereocenters. The van der Waals surface area contributed by atoms with Crippen molar-refractivity contribution in [1.29, 1.82) is 0 Å². The third kappa shape index (κ3) is 3.03. The minimum atomic E-state index is -0.907. The smallest absolute Gasteiger partial charge is 0.308 e. The fourth-order valence-corrected chi connectivity index (χ4v) is 3.66. The second-order valence-corrected chi connectivity index (χ2v) is 6.86. The molecular weight excluding hydrogens is 346 g/mol. The van der Waals surface area contributed by atoms with Crippen LogP contribution >= 0.6 is 0 Å². The number of benzene rings is 1. The molecule has 1 saturated heterocycles. The quantitative estimate of drug-likeness (QED) is 0.758. The van der Waals surface area contributed by atoms with Crippen LogP contribution in [-0.2, 0) is 4.79 Å². The van der Waals surface area contributed by atoms with Crippen LogP contribution in [0.4, 0.5) is 0 Å². The zero-order valence-electron chi connectivity index (χ0n) is 15.0. The van der Waals surface area contributed by atoms with E-state index < -0.39 is 11.9 Å². The number of amides is 1. The zero-order valence-corrected chi connectivity index (χ0v) is 15.0. The van der Waals surface area contributed by atoms with E-state index >= 15 is 0 Å². The van der Waals surface area contributed by atoms with E-state index in [4.69, 9.17) is 0 Å². The molecule has 1 N–H and O–H groups in total. The molecule has 1 fully saturated rings. The molecule has 1 amide bonds. The molecule has 1 aromatic carbocycles. The van der Waals surface area contributed by atoms with Crippen molar-refractivity contribution in [3.63, 3.8) is 0 Å². The summed E-state index contributed by atoms with van der Waals surface area (Å²) in [4.78, 5) is 34.7. The van der Waals surface area contributed by atoms with Gasteiger partial charge in [0, 0.05) is 30.4 Å². The zero-order chi connectivity index (χ0) is 19.1. The summed E-state index contributed by atoms with van der Waals surface area (Å²) in [5.74, 6) is -1.79. The lowest BCUT2D eigenvalue weighted by Crippen LogP contribution is -2.30.